The number of nitrogens with zero attached hydrogens (tertiary/aromatic N) is 1. The molecule has 0 bridgehead atoms. The van der Waals surface area contributed by atoms with Gasteiger partial charge in [-0.3, -0.25) is 0 Å². The van der Waals surface area contributed by atoms with Crippen molar-refractivity contribution in [1.82, 2.24) is 4.90 Å². The van der Waals surface area contributed by atoms with E-state index >= 15 is 0 Å². The molecule has 0 radical (unpaired) electrons. The monoisotopic (exact) mass is 250 g/mol. The van der Waals surface area contributed by atoms with Crippen molar-refractivity contribution in [1.29, 1.82) is 0 Å². The van der Waals surface area contributed by atoms with E-state index < -0.39 is 0 Å². The van der Waals surface area contributed by atoms with Gasteiger partial charge in [0.1, 0.15) is 0 Å². The maximum absolute atomic E-state index is 12.1. The molecule has 1 aliphatic heterocycles. The molecule has 0 spiro atoms. The number of urea groups is 1. The summed E-state index contributed by atoms with van der Waals surface area (Å²) >= 11 is 4.32. The molecule has 1 aromatic carbocycles. The van der Waals surface area contributed by atoms with E-state index in [-0.39, 0.29) is 6.03 Å². The average molecular weight is 250 g/mol. The van der Waals surface area contributed by atoms with Crippen molar-refractivity contribution in [2.45, 2.75) is 30.6 Å². The van der Waals surface area contributed by atoms with Crippen LogP contribution in [0.15, 0.2) is 29.2 Å². The fraction of sp³-hybridized carbons (Fsp3) is 0.462. The first kappa shape index (κ1) is 12.3. The maximum atomic E-state index is 12.1. The molecule has 3 nitrogen and oxygen atoms in total. The van der Waals surface area contributed by atoms with Crippen LogP contribution in [0.2, 0.25) is 0 Å². The van der Waals surface area contributed by atoms with Crippen molar-refractivity contribution < 1.29 is 4.79 Å². The van der Waals surface area contributed by atoms with Crippen LogP contribution in [0.5, 0.6) is 0 Å². The van der Waals surface area contributed by atoms with E-state index in [1.54, 1.807) is 0 Å². The van der Waals surface area contributed by atoms with Gasteiger partial charge in [-0.1, -0.05) is 25.0 Å². The number of amides is 2. The van der Waals surface area contributed by atoms with Gasteiger partial charge in [-0.2, -0.15) is 0 Å². The Labute approximate surface area is 108 Å². The molecule has 0 aliphatic carbocycles. The van der Waals surface area contributed by atoms with Crippen LogP contribution >= 0.6 is 12.6 Å². The minimum Gasteiger partial charge on any atom is -0.325 e. The van der Waals surface area contributed by atoms with E-state index in [2.05, 4.69) is 17.9 Å². The number of likely N-dealkylation sites (tertiary alicyclic amines) is 1. The summed E-state index contributed by atoms with van der Waals surface area (Å²) in [7, 11) is 0. The smallest absolute Gasteiger partial charge is 0.321 e. The van der Waals surface area contributed by atoms with Gasteiger partial charge in [-0.05, 0) is 25.0 Å². The number of carbonyl (C=O) groups is 1. The molecule has 0 unspecified atom stereocenters. The Balaban J connectivity index is 1.98. The zero-order valence-electron chi connectivity index (χ0n) is 9.85. The Morgan fingerprint density at radius 2 is 1.76 bits per heavy atom. The number of nitrogens with one attached hydrogen (secondary N) is 1. The first-order chi connectivity index (χ1) is 8.27. The number of anilines is 1. The van der Waals surface area contributed by atoms with E-state index in [1.165, 1.54) is 12.8 Å². The number of carbonyl (C=O) groups excluding carboxylic acids is 1. The predicted octanol–water partition coefficient (Wildman–Crippen LogP) is 3.38. The highest BCUT2D eigenvalue weighted by Crippen LogP contribution is 2.19. The summed E-state index contributed by atoms with van der Waals surface area (Å²) < 4.78 is 0. The lowest BCUT2D eigenvalue weighted by molar-refractivity contribution is 0.213. The van der Waals surface area contributed by atoms with E-state index in [1.807, 2.05) is 29.2 Å². The zero-order valence-corrected chi connectivity index (χ0v) is 10.7. The standard InChI is InChI=1S/C13H18N2OS/c16-13(15-9-5-1-2-6-10-15)14-11-7-3-4-8-12(11)17/h3-4,7-8,17H,1-2,5-6,9-10H2,(H,14,16). The second kappa shape index (κ2) is 5.96. The lowest BCUT2D eigenvalue weighted by Gasteiger charge is -2.21. The first-order valence-electron chi connectivity index (χ1n) is 6.11. The van der Waals surface area contributed by atoms with Gasteiger partial charge in [-0.25, -0.2) is 4.79 Å². The van der Waals surface area contributed by atoms with Crippen molar-refractivity contribution in [2.24, 2.45) is 0 Å². The van der Waals surface area contributed by atoms with Crippen LogP contribution in [0.4, 0.5) is 10.5 Å². The van der Waals surface area contributed by atoms with Crippen LogP contribution in [0.25, 0.3) is 0 Å². The van der Waals surface area contributed by atoms with Crippen molar-refractivity contribution in [3.05, 3.63) is 24.3 Å². The Morgan fingerprint density at radius 3 is 2.41 bits per heavy atom. The van der Waals surface area contributed by atoms with Gasteiger partial charge < -0.3 is 10.2 Å². The Bertz CT molecular complexity index is 387. The molecule has 1 saturated heterocycles. The third-order valence-electron chi connectivity index (χ3n) is 3.04. The lowest BCUT2D eigenvalue weighted by Crippen LogP contribution is -2.35. The summed E-state index contributed by atoms with van der Waals surface area (Å²) in [5, 5.41) is 2.92. The van der Waals surface area contributed by atoms with Crippen LogP contribution in [0.3, 0.4) is 0 Å². The normalized spacial score (nSPS) is 16.4. The van der Waals surface area contributed by atoms with Crippen molar-refractivity contribution in [2.75, 3.05) is 18.4 Å². The van der Waals surface area contributed by atoms with Crippen LogP contribution in [-0.2, 0) is 0 Å². The molecule has 2 rings (SSSR count). The van der Waals surface area contributed by atoms with Crippen LogP contribution in [-0.4, -0.2) is 24.0 Å². The Kier molecular flexibility index (Phi) is 4.31. The molecule has 0 atom stereocenters. The molecule has 1 aromatic rings. The van der Waals surface area contributed by atoms with Gasteiger partial charge in [0.15, 0.2) is 0 Å². The van der Waals surface area contributed by atoms with Crippen LogP contribution in [0, 0.1) is 0 Å². The van der Waals surface area contributed by atoms with Gasteiger partial charge in [0, 0.05) is 18.0 Å². The van der Waals surface area contributed by atoms with E-state index in [4.69, 9.17) is 0 Å². The third kappa shape index (κ3) is 3.40. The molecule has 1 N–H and O–H groups in total. The molecule has 2 amide bonds. The summed E-state index contributed by atoms with van der Waals surface area (Å²) in [6, 6.07) is 7.55. The summed E-state index contributed by atoms with van der Waals surface area (Å²) in [4.78, 5) is 14.8. The predicted molar refractivity (Wildman–Crippen MR) is 72.8 cm³/mol. The van der Waals surface area contributed by atoms with E-state index in [0.29, 0.717) is 0 Å². The van der Waals surface area contributed by atoms with Crippen molar-refractivity contribution >= 4 is 24.3 Å². The highest BCUT2D eigenvalue weighted by atomic mass is 32.1. The number of thiol groups is 1. The maximum Gasteiger partial charge on any atom is 0.321 e. The average Bonchev–Trinajstić information content (AvgIpc) is 2.61. The molecule has 4 heteroatoms. The molecular formula is C13H18N2OS. The fourth-order valence-corrected chi connectivity index (χ4v) is 2.26. The number of rotatable bonds is 1. The first-order valence-corrected chi connectivity index (χ1v) is 6.56. The largest absolute Gasteiger partial charge is 0.325 e. The second-order valence-corrected chi connectivity index (χ2v) is 4.83. The summed E-state index contributed by atoms with van der Waals surface area (Å²) in [6.07, 6.45) is 4.67. The zero-order chi connectivity index (χ0) is 12.1. The fourth-order valence-electron chi connectivity index (χ4n) is 2.05. The third-order valence-corrected chi connectivity index (χ3v) is 3.43. The van der Waals surface area contributed by atoms with E-state index in [0.717, 1.165) is 36.5 Å². The minimum absolute atomic E-state index is 0.00611. The van der Waals surface area contributed by atoms with Crippen molar-refractivity contribution in [3.63, 3.8) is 0 Å². The number of para-hydroxylation sites is 1. The highest BCUT2D eigenvalue weighted by Gasteiger charge is 2.15. The topological polar surface area (TPSA) is 32.3 Å². The van der Waals surface area contributed by atoms with Crippen LogP contribution < -0.4 is 5.32 Å². The molecule has 1 heterocycles. The van der Waals surface area contributed by atoms with Gasteiger partial charge in [-0.15, -0.1) is 12.6 Å². The Hall–Kier alpha value is -1.16. The van der Waals surface area contributed by atoms with Gasteiger partial charge >= 0.3 is 6.03 Å². The SMILES string of the molecule is O=C(Nc1ccccc1S)N1CCCCCC1. The second-order valence-electron chi connectivity index (χ2n) is 4.35. The minimum atomic E-state index is -0.00611. The van der Waals surface area contributed by atoms with E-state index in [9.17, 15) is 4.79 Å². The number of benzene rings is 1. The summed E-state index contributed by atoms with van der Waals surface area (Å²) in [6.45, 7) is 1.72. The molecule has 0 saturated carbocycles. The van der Waals surface area contributed by atoms with Crippen molar-refractivity contribution in [3.8, 4) is 0 Å². The molecule has 17 heavy (non-hydrogen) atoms. The molecule has 0 aromatic heterocycles. The summed E-state index contributed by atoms with van der Waals surface area (Å²) in [5.41, 5.74) is 0.782. The molecule has 92 valence electrons. The number of hydrogen-bond donors (Lipinski definition) is 2. The number of hydrogen-bond acceptors (Lipinski definition) is 2. The molecule has 1 fully saturated rings. The molecular weight excluding hydrogens is 232 g/mol. The Morgan fingerprint density at radius 1 is 1.12 bits per heavy atom. The van der Waals surface area contributed by atoms with Crippen LogP contribution in [0.1, 0.15) is 25.7 Å². The highest BCUT2D eigenvalue weighted by molar-refractivity contribution is 7.80. The summed E-state index contributed by atoms with van der Waals surface area (Å²) in [5.74, 6) is 0. The van der Waals surface area contributed by atoms with Gasteiger partial charge in [0.05, 0.1) is 5.69 Å². The lowest BCUT2D eigenvalue weighted by atomic mass is 10.2. The molecule has 1 aliphatic rings. The quantitative estimate of drug-likeness (QED) is 0.736. The van der Waals surface area contributed by atoms with Gasteiger partial charge in [0.25, 0.3) is 0 Å². The van der Waals surface area contributed by atoms with Gasteiger partial charge in [0.2, 0.25) is 0 Å².